The van der Waals surface area contributed by atoms with E-state index in [0.29, 0.717) is 0 Å². The van der Waals surface area contributed by atoms with Gasteiger partial charge in [0.25, 0.3) is 0 Å². The van der Waals surface area contributed by atoms with Crippen molar-refractivity contribution in [3.63, 3.8) is 0 Å². The van der Waals surface area contributed by atoms with E-state index >= 15 is 0 Å². The normalized spacial score (nSPS) is 22.2. The molecule has 0 radical (unpaired) electrons. The maximum Gasteiger partial charge on any atom is 0.137 e. The predicted molar refractivity (Wildman–Crippen MR) is 80.0 cm³/mol. The second-order valence-corrected chi connectivity index (χ2v) is 5.58. The number of rotatable bonds is 3. The Balaban J connectivity index is 1.92. The number of ether oxygens (including phenoxy) is 1. The molecule has 1 aromatic carbocycles. The predicted octanol–water partition coefficient (Wildman–Crippen LogP) is 2.33. The highest BCUT2D eigenvalue weighted by atomic mass is 16.5. The quantitative estimate of drug-likeness (QED) is 0.932. The van der Waals surface area contributed by atoms with Crippen LogP contribution in [-0.4, -0.2) is 44.8 Å². The Morgan fingerprint density at radius 3 is 2.95 bits per heavy atom. The fraction of sp³-hybridized carbons (Fsp3) is 0.500. The van der Waals surface area contributed by atoms with E-state index in [9.17, 15) is 0 Å². The van der Waals surface area contributed by atoms with Crippen molar-refractivity contribution >= 4 is 11.0 Å². The zero-order valence-electron chi connectivity index (χ0n) is 12.3. The molecule has 2 atom stereocenters. The van der Waals surface area contributed by atoms with Crippen molar-refractivity contribution in [1.82, 2.24) is 10.2 Å². The van der Waals surface area contributed by atoms with Gasteiger partial charge in [-0.05, 0) is 32.6 Å². The zero-order valence-corrected chi connectivity index (χ0v) is 12.3. The van der Waals surface area contributed by atoms with Crippen LogP contribution in [0.25, 0.3) is 11.0 Å². The number of morpholine rings is 1. The molecule has 1 aliphatic rings. The third-order valence-electron chi connectivity index (χ3n) is 4.05. The summed E-state index contributed by atoms with van der Waals surface area (Å²) in [5.74, 6) is 0.956. The standard InChI is InChI=1S/C16H22N2O2/c1-11-5-4-6-12-9-13(20-16(11)12)15(17-2)14-10-18(3)7-8-19-14/h4-6,9,14-15,17H,7-8,10H2,1-3H3. The molecule has 0 bridgehead atoms. The smallest absolute Gasteiger partial charge is 0.137 e. The van der Waals surface area contributed by atoms with Crippen LogP contribution in [-0.2, 0) is 4.74 Å². The highest BCUT2D eigenvalue weighted by Gasteiger charge is 2.29. The van der Waals surface area contributed by atoms with Crippen molar-refractivity contribution in [2.45, 2.75) is 19.1 Å². The fourth-order valence-electron chi connectivity index (χ4n) is 2.91. The van der Waals surface area contributed by atoms with Crippen LogP contribution >= 0.6 is 0 Å². The molecule has 4 nitrogen and oxygen atoms in total. The van der Waals surface area contributed by atoms with Crippen LogP contribution in [0.2, 0.25) is 0 Å². The molecule has 2 heterocycles. The summed E-state index contributed by atoms with van der Waals surface area (Å²) in [4.78, 5) is 2.30. The summed E-state index contributed by atoms with van der Waals surface area (Å²) in [6.45, 7) is 4.77. The van der Waals surface area contributed by atoms with E-state index in [2.05, 4.69) is 48.5 Å². The summed E-state index contributed by atoms with van der Waals surface area (Å²) in [6.07, 6.45) is 0.125. The number of aryl methyl sites for hydroxylation is 1. The van der Waals surface area contributed by atoms with Gasteiger partial charge in [0.05, 0.1) is 18.8 Å². The summed E-state index contributed by atoms with van der Waals surface area (Å²) in [7, 11) is 4.09. The molecule has 0 saturated carbocycles. The summed E-state index contributed by atoms with van der Waals surface area (Å²) in [6, 6.07) is 8.45. The van der Waals surface area contributed by atoms with E-state index in [1.807, 2.05) is 7.05 Å². The third kappa shape index (κ3) is 2.46. The third-order valence-corrected chi connectivity index (χ3v) is 4.05. The topological polar surface area (TPSA) is 37.6 Å². The molecule has 0 spiro atoms. The summed E-state index contributed by atoms with van der Waals surface area (Å²) in [5, 5.41) is 4.50. The van der Waals surface area contributed by atoms with Gasteiger partial charge < -0.3 is 19.4 Å². The van der Waals surface area contributed by atoms with Gasteiger partial charge in [0.15, 0.2) is 0 Å². The number of nitrogens with one attached hydrogen (secondary N) is 1. The van der Waals surface area contributed by atoms with Crippen LogP contribution in [0.4, 0.5) is 0 Å². The molecule has 20 heavy (non-hydrogen) atoms. The average Bonchev–Trinajstić information content (AvgIpc) is 2.85. The summed E-state index contributed by atoms with van der Waals surface area (Å²) in [5.41, 5.74) is 2.15. The first-order valence-electron chi connectivity index (χ1n) is 7.15. The van der Waals surface area contributed by atoms with Crippen molar-refractivity contribution < 1.29 is 9.15 Å². The highest BCUT2D eigenvalue weighted by molar-refractivity contribution is 5.81. The molecule has 2 aromatic rings. The molecule has 1 aromatic heterocycles. The summed E-state index contributed by atoms with van der Waals surface area (Å²) >= 11 is 0. The number of nitrogens with zero attached hydrogens (tertiary/aromatic N) is 1. The Hall–Kier alpha value is -1.36. The van der Waals surface area contributed by atoms with Crippen LogP contribution in [0.1, 0.15) is 17.4 Å². The number of furan rings is 1. The number of para-hydroxylation sites is 1. The number of hydrogen-bond acceptors (Lipinski definition) is 4. The van der Waals surface area contributed by atoms with Crippen molar-refractivity contribution in [1.29, 1.82) is 0 Å². The van der Waals surface area contributed by atoms with Gasteiger partial charge in [-0.3, -0.25) is 0 Å². The minimum atomic E-state index is 0.0875. The van der Waals surface area contributed by atoms with Gasteiger partial charge in [-0.15, -0.1) is 0 Å². The molecule has 108 valence electrons. The second-order valence-electron chi connectivity index (χ2n) is 5.58. The van der Waals surface area contributed by atoms with Gasteiger partial charge in [-0.1, -0.05) is 18.2 Å². The van der Waals surface area contributed by atoms with Crippen LogP contribution in [0.15, 0.2) is 28.7 Å². The van der Waals surface area contributed by atoms with Gasteiger partial charge in [0, 0.05) is 18.5 Å². The number of benzene rings is 1. The second kappa shape index (κ2) is 5.56. The molecular weight excluding hydrogens is 252 g/mol. The van der Waals surface area contributed by atoms with E-state index in [1.54, 1.807) is 0 Å². The van der Waals surface area contributed by atoms with Gasteiger partial charge in [-0.2, -0.15) is 0 Å². The van der Waals surface area contributed by atoms with Crippen molar-refractivity contribution in [2.75, 3.05) is 33.8 Å². The Bertz CT molecular complexity index is 593. The van der Waals surface area contributed by atoms with Crippen LogP contribution in [0, 0.1) is 6.92 Å². The highest BCUT2D eigenvalue weighted by Crippen LogP contribution is 2.29. The fourth-order valence-corrected chi connectivity index (χ4v) is 2.91. The molecular formula is C16H22N2O2. The minimum Gasteiger partial charge on any atom is -0.459 e. The maximum absolute atomic E-state index is 6.08. The monoisotopic (exact) mass is 274 g/mol. The lowest BCUT2D eigenvalue weighted by Gasteiger charge is -2.34. The van der Waals surface area contributed by atoms with Gasteiger partial charge >= 0.3 is 0 Å². The first-order chi connectivity index (χ1) is 9.69. The van der Waals surface area contributed by atoms with E-state index in [4.69, 9.17) is 9.15 Å². The molecule has 1 saturated heterocycles. The Morgan fingerprint density at radius 2 is 2.25 bits per heavy atom. The number of fused-ring (bicyclic) bond motifs is 1. The molecule has 0 aliphatic carbocycles. The maximum atomic E-state index is 6.08. The first-order valence-corrected chi connectivity index (χ1v) is 7.15. The number of hydrogen-bond donors (Lipinski definition) is 1. The molecule has 1 N–H and O–H groups in total. The lowest BCUT2D eigenvalue weighted by Crippen LogP contribution is -2.45. The van der Waals surface area contributed by atoms with Gasteiger partial charge in [-0.25, -0.2) is 0 Å². The van der Waals surface area contributed by atoms with Crippen molar-refractivity contribution in [2.24, 2.45) is 0 Å². The molecule has 4 heteroatoms. The molecule has 0 amide bonds. The first kappa shape index (κ1) is 13.6. The Morgan fingerprint density at radius 1 is 1.40 bits per heavy atom. The molecule has 3 rings (SSSR count). The van der Waals surface area contributed by atoms with E-state index in [-0.39, 0.29) is 12.1 Å². The van der Waals surface area contributed by atoms with E-state index in [1.165, 1.54) is 5.56 Å². The van der Waals surface area contributed by atoms with Crippen LogP contribution in [0.5, 0.6) is 0 Å². The van der Waals surface area contributed by atoms with Crippen molar-refractivity contribution in [3.05, 3.63) is 35.6 Å². The van der Waals surface area contributed by atoms with Crippen LogP contribution < -0.4 is 5.32 Å². The SMILES string of the molecule is CNC(c1cc2cccc(C)c2o1)C1CN(C)CCO1. The molecule has 2 unspecified atom stereocenters. The molecule has 1 fully saturated rings. The Labute approximate surface area is 119 Å². The average molecular weight is 274 g/mol. The van der Waals surface area contributed by atoms with Crippen LogP contribution in [0.3, 0.4) is 0 Å². The van der Waals surface area contributed by atoms with E-state index in [0.717, 1.165) is 36.4 Å². The molecule has 1 aliphatic heterocycles. The lowest BCUT2D eigenvalue weighted by molar-refractivity contribution is -0.0411. The zero-order chi connectivity index (χ0) is 14.1. The van der Waals surface area contributed by atoms with E-state index < -0.39 is 0 Å². The van der Waals surface area contributed by atoms with Crippen molar-refractivity contribution in [3.8, 4) is 0 Å². The number of likely N-dealkylation sites (N-methyl/N-ethyl adjacent to an activating group) is 2. The lowest BCUT2D eigenvalue weighted by atomic mass is 10.1. The van der Waals surface area contributed by atoms with Gasteiger partial charge in [0.1, 0.15) is 11.3 Å². The summed E-state index contributed by atoms with van der Waals surface area (Å²) < 4.78 is 12.0. The van der Waals surface area contributed by atoms with Gasteiger partial charge in [0.2, 0.25) is 0 Å². The minimum absolute atomic E-state index is 0.0875. The largest absolute Gasteiger partial charge is 0.459 e. The Kier molecular flexibility index (Phi) is 3.78.